The number of nitrogens with zero attached hydrogens (tertiary/aromatic N) is 5. The predicted molar refractivity (Wildman–Crippen MR) is 175 cm³/mol. The lowest BCUT2D eigenvalue weighted by molar-refractivity contribution is 1.07. The van der Waals surface area contributed by atoms with Crippen LogP contribution in [0.25, 0.3) is 76.9 Å². The summed E-state index contributed by atoms with van der Waals surface area (Å²) in [4.78, 5) is 25.3. The van der Waals surface area contributed by atoms with Gasteiger partial charge in [0.2, 0.25) is 0 Å². The SMILES string of the molecule is c1ccc(-c2cccc(-c3nc(-c4ccccc4)nc(-c4cccc(-c5nccc6c5sc5ncccc56)c4)n3)c2)cc1. The van der Waals surface area contributed by atoms with E-state index in [1.807, 2.05) is 79.1 Å². The van der Waals surface area contributed by atoms with Gasteiger partial charge in [0.05, 0.1) is 10.4 Å². The molecule has 0 unspecified atom stereocenters. The molecule has 4 aromatic carbocycles. The van der Waals surface area contributed by atoms with Crippen LogP contribution in [0.1, 0.15) is 0 Å². The van der Waals surface area contributed by atoms with Crippen molar-refractivity contribution in [3.8, 4) is 56.5 Å². The van der Waals surface area contributed by atoms with Gasteiger partial charge in [0, 0.05) is 45.4 Å². The van der Waals surface area contributed by atoms with Crippen molar-refractivity contribution in [1.82, 2.24) is 24.9 Å². The lowest BCUT2D eigenvalue weighted by Crippen LogP contribution is -2.00. The molecule has 0 saturated carbocycles. The first kappa shape index (κ1) is 25.1. The van der Waals surface area contributed by atoms with E-state index in [-0.39, 0.29) is 0 Å². The van der Waals surface area contributed by atoms with Crippen LogP contribution in [0.15, 0.2) is 140 Å². The highest BCUT2D eigenvalue weighted by Crippen LogP contribution is 2.38. The lowest BCUT2D eigenvalue weighted by Gasteiger charge is -2.10. The quantitative estimate of drug-likeness (QED) is 0.207. The number of benzene rings is 4. The highest BCUT2D eigenvalue weighted by Gasteiger charge is 2.16. The summed E-state index contributed by atoms with van der Waals surface area (Å²) in [7, 11) is 0. The Morgan fingerprint density at radius 2 is 0.977 bits per heavy atom. The maximum atomic E-state index is 5.02. The molecule has 0 radical (unpaired) electrons. The van der Waals surface area contributed by atoms with E-state index < -0.39 is 0 Å². The van der Waals surface area contributed by atoms with Gasteiger partial charge in [-0.3, -0.25) is 4.98 Å². The van der Waals surface area contributed by atoms with Crippen LogP contribution in [-0.4, -0.2) is 24.9 Å². The number of hydrogen-bond acceptors (Lipinski definition) is 6. The average Bonchev–Trinajstić information content (AvgIpc) is 3.48. The van der Waals surface area contributed by atoms with Crippen molar-refractivity contribution in [3.63, 3.8) is 0 Å². The molecular formula is C37H23N5S. The van der Waals surface area contributed by atoms with Crippen LogP contribution in [0.5, 0.6) is 0 Å². The van der Waals surface area contributed by atoms with E-state index in [1.54, 1.807) is 11.3 Å². The van der Waals surface area contributed by atoms with E-state index in [4.69, 9.17) is 19.9 Å². The molecule has 0 aliphatic carbocycles. The minimum Gasteiger partial charge on any atom is -0.255 e. The second-order valence-corrected chi connectivity index (χ2v) is 11.2. The fraction of sp³-hybridized carbons (Fsp3) is 0. The third-order valence-corrected chi connectivity index (χ3v) is 8.59. The van der Waals surface area contributed by atoms with Gasteiger partial charge in [-0.1, -0.05) is 97.1 Å². The van der Waals surface area contributed by atoms with E-state index >= 15 is 0 Å². The van der Waals surface area contributed by atoms with Crippen LogP contribution < -0.4 is 0 Å². The Morgan fingerprint density at radius 3 is 1.70 bits per heavy atom. The number of fused-ring (bicyclic) bond motifs is 3. The van der Waals surface area contributed by atoms with Crippen LogP contribution in [-0.2, 0) is 0 Å². The zero-order valence-corrected chi connectivity index (χ0v) is 23.7. The number of hydrogen-bond donors (Lipinski definition) is 0. The molecule has 0 N–H and O–H groups in total. The Hall–Kier alpha value is -5.59. The number of pyridine rings is 2. The van der Waals surface area contributed by atoms with E-state index in [0.29, 0.717) is 17.5 Å². The normalized spacial score (nSPS) is 11.3. The van der Waals surface area contributed by atoms with Crippen LogP contribution in [0.4, 0.5) is 0 Å². The summed E-state index contributed by atoms with van der Waals surface area (Å²) >= 11 is 1.67. The molecule has 0 aliphatic rings. The second-order valence-electron chi connectivity index (χ2n) is 10.2. The van der Waals surface area contributed by atoms with E-state index in [0.717, 1.165) is 59.4 Å². The first-order chi connectivity index (χ1) is 21.3. The monoisotopic (exact) mass is 569 g/mol. The Kier molecular flexibility index (Phi) is 6.24. The molecule has 0 fully saturated rings. The topological polar surface area (TPSA) is 64.5 Å². The van der Waals surface area contributed by atoms with E-state index in [1.165, 1.54) is 0 Å². The molecule has 202 valence electrons. The Morgan fingerprint density at radius 1 is 0.395 bits per heavy atom. The van der Waals surface area contributed by atoms with Gasteiger partial charge in [-0.25, -0.2) is 19.9 Å². The molecular weight excluding hydrogens is 547 g/mol. The molecule has 8 rings (SSSR count). The zero-order valence-electron chi connectivity index (χ0n) is 22.9. The van der Waals surface area contributed by atoms with Crippen LogP contribution in [0.2, 0.25) is 0 Å². The van der Waals surface area contributed by atoms with E-state index in [2.05, 4.69) is 65.6 Å². The minimum absolute atomic E-state index is 0.612. The van der Waals surface area contributed by atoms with Crippen molar-refractivity contribution in [2.45, 2.75) is 0 Å². The van der Waals surface area contributed by atoms with Crippen LogP contribution >= 0.6 is 11.3 Å². The zero-order chi connectivity index (χ0) is 28.6. The van der Waals surface area contributed by atoms with Crippen molar-refractivity contribution in [2.75, 3.05) is 0 Å². The summed E-state index contributed by atoms with van der Waals surface area (Å²) in [6.45, 7) is 0. The molecule has 0 amide bonds. The van der Waals surface area contributed by atoms with Crippen molar-refractivity contribution in [2.24, 2.45) is 0 Å². The second kappa shape index (κ2) is 10.7. The van der Waals surface area contributed by atoms with Gasteiger partial charge >= 0.3 is 0 Å². The van der Waals surface area contributed by atoms with Gasteiger partial charge in [-0.05, 0) is 41.5 Å². The summed E-state index contributed by atoms with van der Waals surface area (Å²) in [6, 6.07) is 43.2. The van der Waals surface area contributed by atoms with Gasteiger partial charge in [-0.2, -0.15) is 0 Å². The predicted octanol–water partition coefficient (Wildman–Crippen LogP) is 9.36. The molecule has 0 saturated heterocycles. The fourth-order valence-electron chi connectivity index (χ4n) is 5.37. The summed E-state index contributed by atoms with van der Waals surface area (Å²) in [5.41, 5.74) is 6.96. The molecule has 8 aromatic rings. The molecule has 6 heteroatoms. The average molecular weight is 570 g/mol. The van der Waals surface area contributed by atoms with Gasteiger partial charge in [0.25, 0.3) is 0 Å². The third-order valence-electron chi connectivity index (χ3n) is 7.45. The van der Waals surface area contributed by atoms with Gasteiger partial charge < -0.3 is 0 Å². The smallest absolute Gasteiger partial charge is 0.164 e. The largest absolute Gasteiger partial charge is 0.255 e. The van der Waals surface area contributed by atoms with Gasteiger partial charge in [0.15, 0.2) is 17.5 Å². The van der Waals surface area contributed by atoms with Crippen molar-refractivity contribution in [1.29, 1.82) is 0 Å². The van der Waals surface area contributed by atoms with Crippen molar-refractivity contribution < 1.29 is 0 Å². The van der Waals surface area contributed by atoms with Gasteiger partial charge in [-0.15, -0.1) is 11.3 Å². The van der Waals surface area contributed by atoms with Crippen LogP contribution in [0, 0.1) is 0 Å². The molecule has 0 bridgehead atoms. The first-order valence-corrected chi connectivity index (χ1v) is 14.8. The molecule has 4 heterocycles. The van der Waals surface area contributed by atoms with Crippen LogP contribution in [0.3, 0.4) is 0 Å². The molecule has 4 aromatic heterocycles. The molecule has 0 atom stereocenters. The third kappa shape index (κ3) is 4.74. The maximum Gasteiger partial charge on any atom is 0.164 e. The van der Waals surface area contributed by atoms with E-state index in [9.17, 15) is 0 Å². The number of rotatable bonds is 5. The van der Waals surface area contributed by atoms with Crippen molar-refractivity contribution in [3.05, 3.63) is 140 Å². The minimum atomic E-state index is 0.612. The highest BCUT2D eigenvalue weighted by molar-refractivity contribution is 7.25. The van der Waals surface area contributed by atoms with Gasteiger partial charge in [0.1, 0.15) is 4.83 Å². The Balaban J connectivity index is 1.28. The summed E-state index contributed by atoms with van der Waals surface area (Å²) < 4.78 is 1.12. The molecule has 5 nitrogen and oxygen atoms in total. The molecule has 0 aliphatic heterocycles. The fourth-order valence-corrected chi connectivity index (χ4v) is 6.52. The summed E-state index contributed by atoms with van der Waals surface area (Å²) in [5.74, 6) is 1.87. The highest BCUT2D eigenvalue weighted by atomic mass is 32.1. The maximum absolute atomic E-state index is 5.02. The number of aromatic nitrogens is 5. The molecule has 0 spiro atoms. The summed E-state index contributed by atoms with van der Waals surface area (Å²) in [6.07, 6.45) is 3.71. The first-order valence-electron chi connectivity index (χ1n) is 14.0. The van der Waals surface area contributed by atoms with Crippen molar-refractivity contribution >= 4 is 31.6 Å². The summed E-state index contributed by atoms with van der Waals surface area (Å²) in [5, 5.41) is 2.31. The standard InChI is InChI=1S/C37H23N5S/c1-3-10-24(11-4-1)26-14-7-16-28(22-26)35-40-34(25-12-5-2-6-13-25)41-36(42-35)29-17-8-15-27(23-29)32-33-30(19-21-38-32)31-18-9-20-39-37(31)43-33/h1-23H. The Labute approximate surface area is 252 Å². The number of thiophene rings is 1. The Bertz CT molecular complexity index is 2240. The molecule has 43 heavy (non-hydrogen) atoms. The lowest BCUT2D eigenvalue weighted by atomic mass is 10.0.